The van der Waals surface area contributed by atoms with E-state index in [4.69, 9.17) is 18.9 Å². The molecule has 0 unspecified atom stereocenters. The molecule has 4 nitrogen and oxygen atoms in total. The van der Waals surface area contributed by atoms with Crippen LogP contribution in [0.15, 0.2) is 315 Å². The number of rotatable bonds is 4. The normalized spacial score (nSPS) is 12.7. The highest BCUT2D eigenvalue weighted by Crippen LogP contribution is 2.47. The number of ether oxygens (including phenoxy) is 4. The molecule has 6 heteroatoms. The molecule has 4 aliphatic heterocycles. The van der Waals surface area contributed by atoms with Gasteiger partial charge in [-0.3, -0.25) is 0 Å². The fourth-order valence-corrected chi connectivity index (χ4v) is 17.4. The van der Waals surface area contributed by atoms with Crippen LogP contribution in [0.2, 0.25) is 0 Å². The SMILES string of the molecule is CC.CC.CC(C)(C)c1ccc(-c2c3ccccc3cc3ccccc23)cc1.CC(C)(C)c1ccc(-c2c3ccccc3cc3ccccc23)cc1.CC(C)(C)c1ccc2c(c1)Oc1ccc(-c3ccccc3)c3c1B2c1ccc(C(C)(C)C)cc1O3.CC(C)(C)c1ccc2c(c1)Oc1ccc(-c3ccccc3)c3c1B2c1ccc(C(C)(C)C)cc1O3. The van der Waals surface area contributed by atoms with Crippen molar-refractivity contribution >= 4 is 89.3 Å². The van der Waals surface area contributed by atoms with Crippen LogP contribution in [0.1, 0.15) is 186 Å². The summed E-state index contributed by atoms with van der Waals surface area (Å²) in [5.74, 6) is 7.35. The van der Waals surface area contributed by atoms with Crippen LogP contribution in [-0.4, -0.2) is 13.4 Å². The van der Waals surface area contributed by atoms with Crippen LogP contribution in [0.3, 0.4) is 0 Å². The standard InChI is InChI=1S/2C32H31BO2.2C24H22.2C2H6/c2*1-31(2,3)21-12-15-24-27(18-21)34-26-17-14-23(20-10-8-7-9-11-20)30-29(26)33(24)25-16-13-22(32(4,5)6)19-28(25)35-30;2*1-24(2,3)20-14-12-17(13-15-20)23-21-10-6-4-8-18(21)16-19-9-5-7-11-22(19)23;2*1-2/h2*7-19H,1-6H3;2*4-16H,1-3H3;2*1-2H3. The lowest BCUT2D eigenvalue weighted by Gasteiger charge is -2.35. The molecule has 4 heterocycles. The zero-order chi connectivity index (χ0) is 86.5. The summed E-state index contributed by atoms with van der Waals surface area (Å²) in [5.41, 5.74) is 25.2. The first-order chi connectivity index (χ1) is 58.3. The molecule has 0 fully saturated rings. The molecule has 0 spiro atoms. The lowest BCUT2D eigenvalue weighted by molar-refractivity contribution is 0.462. The van der Waals surface area contributed by atoms with Gasteiger partial charge in [0.05, 0.1) is 0 Å². The highest BCUT2D eigenvalue weighted by Gasteiger charge is 2.44. The van der Waals surface area contributed by atoms with Crippen molar-refractivity contribution in [1.29, 1.82) is 0 Å². The molecule has 0 N–H and O–H groups in total. The van der Waals surface area contributed by atoms with Crippen LogP contribution in [0.5, 0.6) is 46.0 Å². The van der Waals surface area contributed by atoms with Crippen molar-refractivity contribution in [2.24, 2.45) is 0 Å². The van der Waals surface area contributed by atoms with E-state index in [-0.39, 0.29) is 45.9 Å². The zero-order valence-corrected chi connectivity index (χ0v) is 75.8. The molecule has 612 valence electrons. The minimum atomic E-state index is 0.0397. The Morgan fingerprint density at radius 1 is 0.197 bits per heavy atom. The Balaban J connectivity index is 0.000000126. The van der Waals surface area contributed by atoms with E-state index >= 15 is 0 Å². The van der Waals surface area contributed by atoms with Crippen LogP contribution < -0.4 is 51.7 Å². The monoisotopic (exact) mass is 1600 g/mol. The maximum absolute atomic E-state index is 6.76. The van der Waals surface area contributed by atoms with E-state index in [9.17, 15) is 0 Å². The third-order valence-electron chi connectivity index (χ3n) is 24.3. The first-order valence-corrected chi connectivity index (χ1v) is 44.1. The van der Waals surface area contributed by atoms with Gasteiger partial charge in [-0.25, -0.2) is 0 Å². The Morgan fingerprint density at radius 2 is 0.434 bits per heavy atom. The second-order valence-electron chi connectivity index (χ2n) is 38.8. The molecule has 16 aromatic rings. The summed E-state index contributed by atoms with van der Waals surface area (Å²) in [6.45, 7) is 48.6. The largest absolute Gasteiger partial charge is 0.458 e. The molecule has 16 aromatic carbocycles. The number of fused-ring (bicyclic) bond motifs is 12. The van der Waals surface area contributed by atoms with Crippen molar-refractivity contribution in [1.82, 2.24) is 0 Å². The molecule has 122 heavy (non-hydrogen) atoms. The molecule has 4 aliphatic rings. The Labute approximate surface area is 727 Å². The average molecular weight is 1600 g/mol. The van der Waals surface area contributed by atoms with Gasteiger partial charge in [0, 0.05) is 22.1 Å². The van der Waals surface area contributed by atoms with E-state index < -0.39 is 0 Å². The maximum Gasteiger partial charge on any atom is 0.260 e. The van der Waals surface area contributed by atoms with Crippen molar-refractivity contribution in [3.8, 4) is 90.5 Å². The molecule has 20 rings (SSSR count). The number of benzene rings is 16. The van der Waals surface area contributed by atoms with Gasteiger partial charge in [0.25, 0.3) is 13.4 Å². The number of hydrogen-bond donors (Lipinski definition) is 0. The summed E-state index contributed by atoms with van der Waals surface area (Å²) < 4.78 is 26.6. The second-order valence-corrected chi connectivity index (χ2v) is 38.8. The third kappa shape index (κ3) is 16.9. The Hall–Kier alpha value is -12.1. The van der Waals surface area contributed by atoms with Crippen LogP contribution in [0, 0.1) is 0 Å². The van der Waals surface area contributed by atoms with Crippen molar-refractivity contribution in [2.45, 2.75) is 185 Å². The Kier molecular flexibility index (Phi) is 23.5. The summed E-state index contributed by atoms with van der Waals surface area (Å²) in [5, 5.41) is 10.5. The summed E-state index contributed by atoms with van der Waals surface area (Å²) in [4.78, 5) is 0. The molecule has 0 aliphatic carbocycles. The number of hydrogen-bond acceptors (Lipinski definition) is 4. The third-order valence-corrected chi connectivity index (χ3v) is 24.3. The summed E-state index contributed by atoms with van der Waals surface area (Å²) in [7, 11) is 0. The maximum atomic E-state index is 6.76. The highest BCUT2D eigenvalue weighted by atomic mass is 16.5. The smallest absolute Gasteiger partial charge is 0.260 e. The zero-order valence-electron chi connectivity index (χ0n) is 75.8. The molecular formula is C116H118B2O4. The van der Waals surface area contributed by atoms with Gasteiger partial charge in [0.15, 0.2) is 0 Å². The van der Waals surface area contributed by atoms with E-state index in [0.29, 0.717) is 0 Å². The Bertz CT molecular complexity index is 6000. The van der Waals surface area contributed by atoms with E-state index in [1.807, 2.05) is 39.8 Å². The lowest BCUT2D eigenvalue weighted by Crippen LogP contribution is -2.57. The van der Waals surface area contributed by atoms with E-state index in [0.717, 1.165) is 79.2 Å². The van der Waals surface area contributed by atoms with Gasteiger partial charge in [0.2, 0.25) is 0 Å². The van der Waals surface area contributed by atoms with Crippen molar-refractivity contribution in [3.63, 3.8) is 0 Å². The Morgan fingerprint density at radius 3 is 0.697 bits per heavy atom. The molecule has 0 bridgehead atoms. The van der Waals surface area contributed by atoms with Crippen LogP contribution in [0.25, 0.3) is 87.6 Å². The topological polar surface area (TPSA) is 36.9 Å². The van der Waals surface area contributed by atoms with Gasteiger partial charge in [0.1, 0.15) is 46.0 Å². The first-order valence-electron chi connectivity index (χ1n) is 44.1. The van der Waals surface area contributed by atoms with E-state index in [1.165, 1.54) is 121 Å². The van der Waals surface area contributed by atoms with Gasteiger partial charge in [-0.1, -0.05) is 407 Å². The lowest BCUT2D eigenvalue weighted by atomic mass is 9.34. The first kappa shape index (κ1) is 84.9. The van der Waals surface area contributed by atoms with E-state index in [1.54, 1.807) is 0 Å². The van der Waals surface area contributed by atoms with Gasteiger partial charge in [-0.15, -0.1) is 0 Å². The van der Waals surface area contributed by atoms with Gasteiger partial charge in [-0.05, 0) is 225 Å². The quantitative estimate of drug-likeness (QED) is 0.130. The molecule has 0 aromatic heterocycles. The summed E-state index contributed by atoms with van der Waals surface area (Å²) >= 11 is 0. The molecule has 0 radical (unpaired) electrons. The predicted molar refractivity (Wildman–Crippen MR) is 528 cm³/mol. The van der Waals surface area contributed by atoms with Gasteiger partial charge in [-0.2, -0.15) is 0 Å². The highest BCUT2D eigenvalue weighted by molar-refractivity contribution is 6.99. The van der Waals surface area contributed by atoms with Crippen LogP contribution in [0.4, 0.5) is 0 Å². The molecule has 0 saturated heterocycles. The van der Waals surface area contributed by atoms with Crippen LogP contribution in [-0.2, 0) is 32.5 Å². The van der Waals surface area contributed by atoms with Crippen molar-refractivity contribution < 1.29 is 18.9 Å². The summed E-state index contributed by atoms with van der Waals surface area (Å²) in [6.07, 6.45) is 0. The van der Waals surface area contributed by atoms with Gasteiger partial charge >= 0.3 is 0 Å². The fourth-order valence-electron chi connectivity index (χ4n) is 17.4. The fraction of sp³-hybridized carbons (Fsp3) is 0.241. The molecule has 0 amide bonds. The minimum absolute atomic E-state index is 0.0397. The summed E-state index contributed by atoms with van der Waals surface area (Å²) in [6, 6.07) is 114. The average Bonchev–Trinajstić information content (AvgIpc) is 0.716. The second kappa shape index (κ2) is 33.7. The van der Waals surface area contributed by atoms with Crippen molar-refractivity contribution in [3.05, 3.63) is 349 Å². The van der Waals surface area contributed by atoms with Crippen LogP contribution >= 0.6 is 0 Å². The van der Waals surface area contributed by atoms with Gasteiger partial charge < -0.3 is 18.9 Å². The predicted octanol–water partition coefficient (Wildman–Crippen LogP) is 29.3. The van der Waals surface area contributed by atoms with Crippen molar-refractivity contribution in [2.75, 3.05) is 0 Å². The minimum Gasteiger partial charge on any atom is -0.458 e. The molecule has 0 saturated carbocycles. The molecule has 0 atom stereocenters. The van der Waals surface area contributed by atoms with E-state index in [2.05, 4.69) is 428 Å². The molecular weight excluding hydrogens is 1480 g/mol.